The minimum absolute atomic E-state index is 0.0724. The Morgan fingerprint density at radius 1 is 0.841 bits per heavy atom. The molecule has 9 heteroatoms. The molecule has 0 aromatic heterocycles. The lowest BCUT2D eigenvalue weighted by atomic mass is 10.0. The van der Waals surface area contributed by atoms with Crippen LogP contribution in [-0.2, 0) is 32.6 Å². The van der Waals surface area contributed by atoms with Gasteiger partial charge in [0.2, 0.25) is 11.8 Å². The van der Waals surface area contributed by atoms with Crippen molar-refractivity contribution >= 4 is 43.5 Å². The zero-order chi connectivity index (χ0) is 31.7. The van der Waals surface area contributed by atoms with Crippen LogP contribution in [-0.4, -0.2) is 43.8 Å². The van der Waals surface area contributed by atoms with Gasteiger partial charge in [-0.3, -0.25) is 13.9 Å². The summed E-state index contributed by atoms with van der Waals surface area (Å²) in [4.78, 5) is 30.0. The van der Waals surface area contributed by atoms with Gasteiger partial charge in [-0.15, -0.1) is 0 Å². The molecule has 0 unspecified atom stereocenters. The first kappa shape index (κ1) is 33.0. The predicted molar refractivity (Wildman–Crippen MR) is 179 cm³/mol. The molecule has 4 aromatic carbocycles. The van der Waals surface area contributed by atoms with Crippen LogP contribution in [0.3, 0.4) is 0 Å². The van der Waals surface area contributed by atoms with Crippen LogP contribution >= 0.6 is 15.9 Å². The van der Waals surface area contributed by atoms with Crippen molar-refractivity contribution in [3.8, 4) is 0 Å². The van der Waals surface area contributed by atoms with Gasteiger partial charge in [0.1, 0.15) is 12.6 Å². The van der Waals surface area contributed by atoms with Gasteiger partial charge in [-0.2, -0.15) is 0 Å². The molecule has 0 bridgehead atoms. The molecular weight excluding hydrogens is 638 g/mol. The SMILES string of the molecule is CC[C@H](C)NC(=O)[C@H](Cc1ccccc1)N(Cc1cccc(Br)c1)C(=O)CN(c1cccc(C)c1)S(=O)(=O)c1ccccc1. The van der Waals surface area contributed by atoms with E-state index >= 15 is 0 Å². The highest BCUT2D eigenvalue weighted by molar-refractivity contribution is 9.10. The molecule has 230 valence electrons. The Morgan fingerprint density at radius 3 is 2.11 bits per heavy atom. The molecule has 1 N–H and O–H groups in total. The number of anilines is 1. The van der Waals surface area contributed by atoms with Gasteiger partial charge < -0.3 is 10.2 Å². The second-order valence-electron chi connectivity index (χ2n) is 10.8. The fraction of sp³-hybridized carbons (Fsp3) is 0.257. The Labute approximate surface area is 269 Å². The summed E-state index contributed by atoms with van der Waals surface area (Å²) in [5.74, 6) is -0.786. The molecule has 0 spiro atoms. The van der Waals surface area contributed by atoms with Crippen molar-refractivity contribution in [3.63, 3.8) is 0 Å². The van der Waals surface area contributed by atoms with E-state index in [-0.39, 0.29) is 29.8 Å². The van der Waals surface area contributed by atoms with E-state index in [0.717, 1.165) is 31.9 Å². The summed E-state index contributed by atoms with van der Waals surface area (Å²) in [6.07, 6.45) is 0.985. The van der Waals surface area contributed by atoms with Crippen LogP contribution in [0.25, 0.3) is 0 Å². The van der Waals surface area contributed by atoms with Crippen molar-refractivity contribution in [2.24, 2.45) is 0 Å². The van der Waals surface area contributed by atoms with Gasteiger partial charge in [-0.05, 0) is 73.4 Å². The van der Waals surface area contributed by atoms with Crippen LogP contribution in [0.4, 0.5) is 5.69 Å². The highest BCUT2D eigenvalue weighted by Gasteiger charge is 2.35. The predicted octanol–water partition coefficient (Wildman–Crippen LogP) is 6.51. The van der Waals surface area contributed by atoms with Crippen molar-refractivity contribution in [3.05, 3.63) is 130 Å². The summed E-state index contributed by atoms with van der Waals surface area (Å²) in [7, 11) is -4.13. The number of aryl methyl sites for hydroxylation is 1. The molecule has 0 radical (unpaired) electrons. The second kappa shape index (κ2) is 15.2. The quantitative estimate of drug-likeness (QED) is 0.175. The number of benzene rings is 4. The standard InChI is InChI=1S/C35H38BrN3O4S/c1-4-27(3)37-35(41)33(23-28-14-7-5-8-15-28)38(24-29-16-12-17-30(36)22-29)34(40)25-39(31-18-11-13-26(2)21-31)44(42,43)32-19-9-6-10-20-32/h5-22,27,33H,4,23-25H2,1-3H3,(H,37,41)/t27-,33-/m0/s1. The number of carbonyl (C=O) groups is 2. The number of rotatable bonds is 13. The van der Waals surface area contributed by atoms with Gasteiger partial charge in [-0.1, -0.05) is 95.7 Å². The molecule has 0 fully saturated rings. The molecular formula is C35H38BrN3O4S. The van der Waals surface area contributed by atoms with Crippen LogP contribution in [0, 0.1) is 6.92 Å². The smallest absolute Gasteiger partial charge is 0.264 e. The molecule has 44 heavy (non-hydrogen) atoms. The number of sulfonamides is 1. The van der Waals surface area contributed by atoms with Gasteiger partial charge in [0.25, 0.3) is 10.0 Å². The lowest BCUT2D eigenvalue weighted by Crippen LogP contribution is -2.54. The zero-order valence-electron chi connectivity index (χ0n) is 25.2. The van der Waals surface area contributed by atoms with Gasteiger partial charge >= 0.3 is 0 Å². The van der Waals surface area contributed by atoms with E-state index in [1.807, 2.05) is 81.4 Å². The lowest BCUT2D eigenvalue weighted by Gasteiger charge is -2.34. The van der Waals surface area contributed by atoms with E-state index in [0.29, 0.717) is 5.69 Å². The summed E-state index contributed by atoms with van der Waals surface area (Å²) in [6.45, 7) is 5.39. The Bertz CT molecular complexity index is 1670. The molecule has 4 rings (SSSR count). The summed E-state index contributed by atoms with van der Waals surface area (Å²) in [5, 5.41) is 3.06. The Hall–Kier alpha value is -3.95. The van der Waals surface area contributed by atoms with Crippen LogP contribution in [0.1, 0.15) is 37.0 Å². The summed E-state index contributed by atoms with van der Waals surface area (Å²) in [6, 6.07) is 31.2. The summed E-state index contributed by atoms with van der Waals surface area (Å²) < 4.78 is 30.1. The minimum atomic E-state index is -4.13. The van der Waals surface area contributed by atoms with Crippen molar-refractivity contribution in [2.45, 2.75) is 57.1 Å². The van der Waals surface area contributed by atoms with Crippen molar-refractivity contribution in [1.82, 2.24) is 10.2 Å². The maximum atomic E-state index is 14.5. The summed E-state index contributed by atoms with van der Waals surface area (Å²) in [5.41, 5.74) is 2.91. The third-order valence-electron chi connectivity index (χ3n) is 7.41. The minimum Gasteiger partial charge on any atom is -0.352 e. The van der Waals surface area contributed by atoms with E-state index in [1.165, 1.54) is 17.0 Å². The molecule has 0 saturated carbocycles. The molecule has 0 saturated heterocycles. The molecule has 2 amide bonds. The topological polar surface area (TPSA) is 86.8 Å². The highest BCUT2D eigenvalue weighted by atomic mass is 79.9. The number of carbonyl (C=O) groups excluding carboxylic acids is 2. The average molecular weight is 677 g/mol. The van der Waals surface area contributed by atoms with Gasteiger partial charge in [-0.25, -0.2) is 8.42 Å². The number of halogens is 1. The molecule has 0 aliphatic rings. The number of amides is 2. The van der Waals surface area contributed by atoms with Gasteiger partial charge in [0, 0.05) is 23.5 Å². The fourth-order valence-electron chi connectivity index (χ4n) is 4.86. The van der Waals surface area contributed by atoms with E-state index in [9.17, 15) is 18.0 Å². The van der Waals surface area contributed by atoms with Gasteiger partial charge in [0.15, 0.2) is 0 Å². The largest absolute Gasteiger partial charge is 0.352 e. The van der Waals surface area contributed by atoms with Crippen LogP contribution in [0.2, 0.25) is 0 Å². The highest BCUT2D eigenvalue weighted by Crippen LogP contribution is 2.26. The van der Waals surface area contributed by atoms with Crippen LogP contribution < -0.4 is 9.62 Å². The van der Waals surface area contributed by atoms with Crippen LogP contribution in [0.5, 0.6) is 0 Å². The number of nitrogens with zero attached hydrogens (tertiary/aromatic N) is 2. The first-order chi connectivity index (χ1) is 21.1. The lowest BCUT2D eigenvalue weighted by molar-refractivity contribution is -0.140. The van der Waals surface area contributed by atoms with Crippen molar-refractivity contribution in [2.75, 3.05) is 10.8 Å². The van der Waals surface area contributed by atoms with Crippen LogP contribution in [0.15, 0.2) is 119 Å². The van der Waals surface area contributed by atoms with E-state index < -0.39 is 28.5 Å². The van der Waals surface area contributed by atoms with E-state index in [2.05, 4.69) is 21.2 Å². The monoisotopic (exact) mass is 675 g/mol. The third-order valence-corrected chi connectivity index (χ3v) is 9.70. The number of hydrogen-bond donors (Lipinski definition) is 1. The van der Waals surface area contributed by atoms with E-state index in [4.69, 9.17) is 0 Å². The van der Waals surface area contributed by atoms with Gasteiger partial charge in [0.05, 0.1) is 10.6 Å². The summed E-state index contributed by atoms with van der Waals surface area (Å²) >= 11 is 3.51. The first-order valence-electron chi connectivity index (χ1n) is 14.6. The molecule has 0 aliphatic carbocycles. The Balaban J connectivity index is 1.80. The van der Waals surface area contributed by atoms with Crippen molar-refractivity contribution < 1.29 is 18.0 Å². The molecule has 0 heterocycles. The number of nitrogens with one attached hydrogen (secondary N) is 1. The molecule has 7 nitrogen and oxygen atoms in total. The zero-order valence-corrected chi connectivity index (χ0v) is 27.6. The molecule has 4 aromatic rings. The maximum absolute atomic E-state index is 14.5. The second-order valence-corrected chi connectivity index (χ2v) is 13.6. The Kier molecular flexibility index (Phi) is 11.4. The fourth-order valence-corrected chi connectivity index (χ4v) is 6.73. The normalized spacial score (nSPS) is 12.6. The first-order valence-corrected chi connectivity index (χ1v) is 16.8. The third kappa shape index (κ3) is 8.57. The Morgan fingerprint density at radius 2 is 1.48 bits per heavy atom. The molecule has 0 aliphatic heterocycles. The molecule has 2 atom stereocenters. The maximum Gasteiger partial charge on any atom is 0.264 e. The van der Waals surface area contributed by atoms with E-state index in [1.54, 1.807) is 36.4 Å². The van der Waals surface area contributed by atoms with Crippen molar-refractivity contribution in [1.29, 1.82) is 0 Å². The number of hydrogen-bond acceptors (Lipinski definition) is 4. The average Bonchev–Trinajstić information content (AvgIpc) is 3.02.